The monoisotopic (exact) mass is 484 g/mol. The molecule has 0 aromatic heterocycles. The maximum atomic E-state index is 11.4. The van der Waals surface area contributed by atoms with E-state index in [1.54, 1.807) is 0 Å². The van der Waals surface area contributed by atoms with Crippen molar-refractivity contribution in [3.05, 3.63) is 28.3 Å². The number of anilines is 1. The van der Waals surface area contributed by atoms with Gasteiger partial charge < -0.3 is 15.2 Å². The standard InChI is InChI=1S/C15H22N4O5S.C2HF3O2/c16-25(22,23)13-1-2-14(15(7-13)19(20)21)17-8-11-3-5-18(6-4-11)12-9-24-10-12;3-2(4,5)1(6)7/h1-2,7,11-12,17H,3-6,8-10H2,(H2,16,22,23);(H,6,7). The molecule has 2 heterocycles. The van der Waals surface area contributed by atoms with Crippen LogP contribution in [0.2, 0.25) is 0 Å². The average molecular weight is 484 g/mol. The van der Waals surface area contributed by atoms with Gasteiger partial charge in [0.1, 0.15) is 5.69 Å². The summed E-state index contributed by atoms with van der Waals surface area (Å²) in [7, 11) is -3.97. The highest BCUT2D eigenvalue weighted by Gasteiger charge is 2.38. The first-order chi connectivity index (χ1) is 14.8. The number of carbonyl (C=O) groups is 1. The molecular weight excluding hydrogens is 461 g/mol. The lowest BCUT2D eigenvalue weighted by molar-refractivity contribution is -0.384. The second-order valence-corrected chi connectivity index (χ2v) is 8.90. The molecule has 0 atom stereocenters. The van der Waals surface area contributed by atoms with E-state index in [0.717, 1.165) is 45.2 Å². The molecule has 0 aliphatic carbocycles. The molecule has 2 aliphatic heterocycles. The van der Waals surface area contributed by atoms with Crippen LogP contribution in [0.15, 0.2) is 23.1 Å². The van der Waals surface area contributed by atoms with Crippen LogP contribution in [0.25, 0.3) is 0 Å². The van der Waals surface area contributed by atoms with Gasteiger partial charge in [0.15, 0.2) is 0 Å². The minimum atomic E-state index is -5.08. The van der Waals surface area contributed by atoms with Crippen molar-refractivity contribution in [1.82, 2.24) is 4.90 Å². The van der Waals surface area contributed by atoms with Crippen LogP contribution >= 0.6 is 0 Å². The summed E-state index contributed by atoms with van der Waals surface area (Å²) < 4.78 is 59.7. The molecule has 2 saturated heterocycles. The number of halogens is 3. The number of rotatable bonds is 6. The zero-order chi connectivity index (χ0) is 24.1. The van der Waals surface area contributed by atoms with Gasteiger partial charge in [0.2, 0.25) is 10.0 Å². The lowest BCUT2D eigenvalue weighted by Gasteiger charge is -2.41. The van der Waals surface area contributed by atoms with E-state index in [1.165, 1.54) is 12.1 Å². The SMILES string of the molecule is NS(=O)(=O)c1ccc(NCC2CCN(C3COC3)CC2)c([N+](=O)[O-])c1.O=C(O)C(F)(F)F. The molecule has 0 amide bonds. The Labute approximate surface area is 181 Å². The maximum absolute atomic E-state index is 11.4. The largest absolute Gasteiger partial charge is 0.490 e. The molecule has 11 nitrogen and oxygen atoms in total. The number of carboxylic acid groups (broad SMARTS) is 1. The predicted molar refractivity (Wildman–Crippen MR) is 106 cm³/mol. The van der Waals surface area contributed by atoms with Gasteiger partial charge >= 0.3 is 12.1 Å². The molecule has 15 heteroatoms. The molecule has 180 valence electrons. The van der Waals surface area contributed by atoms with E-state index in [2.05, 4.69) is 10.2 Å². The first-order valence-electron chi connectivity index (χ1n) is 9.46. The quantitative estimate of drug-likeness (QED) is 0.400. The first kappa shape index (κ1) is 25.8. The summed E-state index contributed by atoms with van der Waals surface area (Å²) in [5, 5.41) is 26.5. The number of primary sulfonamides is 1. The van der Waals surface area contributed by atoms with Crippen LogP contribution in [-0.2, 0) is 19.6 Å². The summed E-state index contributed by atoms with van der Waals surface area (Å²) in [4.78, 5) is 21.7. The number of carboxylic acids is 1. The van der Waals surface area contributed by atoms with E-state index in [9.17, 15) is 31.7 Å². The highest BCUT2D eigenvalue weighted by molar-refractivity contribution is 7.89. The number of aliphatic carboxylic acids is 1. The number of nitro benzene ring substituents is 1. The molecule has 0 radical (unpaired) electrons. The molecular formula is C17H23F3N4O7S. The molecule has 0 bridgehead atoms. The lowest BCUT2D eigenvalue weighted by Crippen LogP contribution is -2.52. The van der Waals surface area contributed by atoms with Crippen LogP contribution in [-0.4, -0.2) is 74.4 Å². The third kappa shape index (κ3) is 7.29. The number of nitrogens with two attached hydrogens (primary N) is 1. The number of ether oxygens (including phenoxy) is 1. The number of piperidine rings is 1. The van der Waals surface area contributed by atoms with Crippen molar-refractivity contribution in [2.24, 2.45) is 11.1 Å². The Kier molecular flexibility index (Phi) is 8.39. The molecule has 0 spiro atoms. The van der Waals surface area contributed by atoms with Crippen LogP contribution in [0, 0.1) is 16.0 Å². The number of hydrogen-bond acceptors (Lipinski definition) is 8. The zero-order valence-electron chi connectivity index (χ0n) is 16.7. The van der Waals surface area contributed by atoms with Crippen LogP contribution in [0.3, 0.4) is 0 Å². The Balaban J connectivity index is 0.000000451. The summed E-state index contributed by atoms with van der Waals surface area (Å²) in [6.07, 6.45) is -3.04. The van der Waals surface area contributed by atoms with Gasteiger partial charge in [0.25, 0.3) is 5.69 Å². The van der Waals surface area contributed by atoms with Crippen molar-refractivity contribution in [3.63, 3.8) is 0 Å². The summed E-state index contributed by atoms with van der Waals surface area (Å²) in [5.74, 6) is -2.33. The number of benzene rings is 1. The molecule has 1 aromatic carbocycles. The molecule has 32 heavy (non-hydrogen) atoms. The number of likely N-dealkylation sites (tertiary alicyclic amines) is 1. The highest BCUT2D eigenvalue weighted by atomic mass is 32.2. The third-order valence-corrected chi connectivity index (χ3v) is 6.02. The lowest BCUT2D eigenvalue weighted by atomic mass is 9.95. The number of hydrogen-bond donors (Lipinski definition) is 3. The van der Waals surface area contributed by atoms with E-state index >= 15 is 0 Å². The van der Waals surface area contributed by atoms with Crippen molar-refractivity contribution >= 4 is 27.4 Å². The van der Waals surface area contributed by atoms with E-state index in [1.807, 2.05) is 0 Å². The fraction of sp³-hybridized carbons (Fsp3) is 0.588. The van der Waals surface area contributed by atoms with Crippen molar-refractivity contribution in [1.29, 1.82) is 0 Å². The molecule has 3 rings (SSSR count). The topological polar surface area (TPSA) is 165 Å². The van der Waals surface area contributed by atoms with Gasteiger partial charge in [-0.3, -0.25) is 15.0 Å². The number of nitro groups is 1. The second-order valence-electron chi connectivity index (χ2n) is 7.34. The molecule has 4 N–H and O–H groups in total. The Morgan fingerprint density at radius 1 is 1.31 bits per heavy atom. The summed E-state index contributed by atoms with van der Waals surface area (Å²) in [5.41, 5.74) is 0.0304. The van der Waals surface area contributed by atoms with Crippen molar-refractivity contribution in [3.8, 4) is 0 Å². The predicted octanol–water partition coefficient (Wildman–Crippen LogP) is 1.40. The summed E-state index contributed by atoms with van der Waals surface area (Å²) in [6.45, 7) is 4.25. The van der Waals surface area contributed by atoms with Crippen molar-refractivity contribution < 1.29 is 41.2 Å². The number of alkyl halides is 3. The Hall–Kier alpha value is -2.49. The minimum Gasteiger partial charge on any atom is -0.475 e. The van der Waals surface area contributed by atoms with Gasteiger partial charge in [-0.05, 0) is 44.0 Å². The van der Waals surface area contributed by atoms with Crippen molar-refractivity contribution in [2.75, 3.05) is 38.2 Å². The smallest absolute Gasteiger partial charge is 0.475 e. The van der Waals surface area contributed by atoms with Gasteiger partial charge in [-0.2, -0.15) is 13.2 Å². The van der Waals surface area contributed by atoms with Crippen LogP contribution in [0.5, 0.6) is 0 Å². The molecule has 0 unspecified atom stereocenters. The minimum absolute atomic E-state index is 0.263. The Morgan fingerprint density at radius 2 is 1.88 bits per heavy atom. The van der Waals surface area contributed by atoms with Gasteiger partial charge in [-0.1, -0.05) is 0 Å². The first-order valence-corrected chi connectivity index (χ1v) is 11.0. The van der Waals surface area contributed by atoms with E-state index in [4.69, 9.17) is 19.8 Å². The third-order valence-electron chi connectivity index (χ3n) is 5.10. The van der Waals surface area contributed by atoms with Crippen molar-refractivity contribution in [2.45, 2.75) is 30.0 Å². The highest BCUT2D eigenvalue weighted by Crippen LogP contribution is 2.28. The zero-order valence-corrected chi connectivity index (χ0v) is 17.6. The number of nitrogens with zero attached hydrogens (tertiary/aromatic N) is 2. The molecule has 2 fully saturated rings. The summed E-state index contributed by atoms with van der Waals surface area (Å²) in [6, 6.07) is 4.22. The van der Waals surface area contributed by atoms with Gasteiger partial charge in [-0.25, -0.2) is 18.4 Å². The van der Waals surface area contributed by atoms with E-state index in [-0.39, 0.29) is 10.6 Å². The normalized spacial score (nSPS) is 18.2. The summed E-state index contributed by atoms with van der Waals surface area (Å²) >= 11 is 0. The average Bonchev–Trinajstić information content (AvgIpc) is 2.65. The molecule has 2 aliphatic rings. The second kappa shape index (κ2) is 10.4. The van der Waals surface area contributed by atoms with Crippen LogP contribution in [0.1, 0.15) is 12.8 Å². The van der Waals surface area contributed by atoms with Crippen LogP contribution in [0.4, 0.5) is 24.5 Å². The fourth-order valence-electron chi connectivity index (χ4n) is 3.20. The maximum Gasteiger partial charge on any atom is 0.490 e. The van der Waals surface area contributed by atoms with E-state index in [0.29, 0.717) is 24.2 Å². The van der Waals surface area contributed by atoms with Gasteiger partial charge in [0, 0.05) is 12.6 Å². The Bertz CT molecular complexity index is 931. The number of sulfonamides is 1. The Morgan fingerprint density at radius 3 is 2.28 bits per heavy atom. The number of nitrogens with one attached hydrogen (secondary N) is 1. The van der Waals surface area contributed by atoms with E-state index < -0.39 is 27.1 Å². The van der Waals surface area contributed by atoms with Gasteiger partial charge in [-0.15, -0.1) is 0 Å². The molecule has 0 saturated carbocycles. The fourth-order valence-corrected chi connectivity index (χ4v) is 3.73. The van der Waals surface area contributed by atoms with Crippen LogP contribution < -0.4 is 10.5 Å². The van der Waals surface area contributed by atoms with Gasteiger partial charge in [0.05, 0.1) is 29.1 Å². The molecule has 1 aromatic rings.